The zero-order chi connectivity index (χ0) is 18.9. The van der Waals surface area contributed by atoms with E-state index in [2.05, 4.69) is 14.9 Å². The normalized spacial score (nSPS) is 12.8. The number of hydrogen-bond acceptors (Lipinski definition) is 3. The van der Waals surface area contributed by atoms with Crippen molar-refractivity contribution in [1.82, 2.24) is 14.8 Å². The molecule has 0 radical (unpaired) electrons. The Bertz CT molecular complexity index is 907. The molecule has 0 amide bonds. The number of para-hydroxylation sites is 1. The molecule has 0 saturated carbocycles. The number of aromatic nitrogens is 3. The zero-order valence-corrected chi connectivity index (χ0v) is 14.7. The van der Waals surface area contributed by atoms with Gasteiger partial charge in [0.05, 0.1) is 5.56 Å². The van der Waals surface area contributed by atoms with Crippen LogP contribution in [0.4, 0.5) is 13.2 Å². The van der Waals surface area contributed by atoms with E-state index in [0.29, 0.717) is 16.7 Å². The van der Waals surface area contributed by atoms with Gasteiger partial charge in [-0.3, -0.25) is 0 Å². The smallest absolute Gasteiger partial charge is 0.405 e. The number of benzene rings is 2. The number of ether oxygens (including phenoxy) is 1. The van der Waals surface area contributed by atoms with Crippen molar-refractivity contribution < 1.29 is 17.9 Å². The number of alkyl halides is 3. The quantitative estimate of drug-likeness (QED) is 0.624. The van der Waals surface area contributed by atoms with E-state index in [1.54, 1.807) is 29.8 Å². The molecule has 136 valence electrons. The molecule has 0 fully saturated rings. The van der Waals surface area contributed by atoms with Gasteiger partial charge in [0.15, 0.2) is 5.82 Å². The van der Waals surface area contributed by atoms with Gasteiger partial charge < -0.3 is 9.30 Å². The summed E-state index contributed by atoms with van der Waals surface area (Å²) in [7, 11) is 1.71. The summed E-state index contributed by atoms with van der Waals surface area (Å²) in [5.74, 6) is 0.472. The van der Waals surface area contributed by atoms with E-state index in [9.17, 15) is 13.2 Å². The second-order valence-corrected chi connectivity index (χ2v) is 6.19. The van der Waals surface area contributed by atoms with Gasteiger partial charge >= 0.3 is 6.36 Å². The summed E-state index contributed by atoms with van der Waals surface area (Å²) >= 11 is 5.91. The van der Waals surface area contributed by atoms with Gasteiger partial charge in [-0.25, -0.2) is 0 Å². The lowest BCUT2D eigenvalue weighted by molar-refractivity contribution is -0.274. The van der Waals surface area contributed by atoms with Crippen LogP contribution in [0.25, 0.3) is 11.4 Å². The number of rotatable bonds is 4. The predicted molar refractivity (Wildman–Crippen MR) is 92.1 cm³/mol. The lowest BCUT2D eigenvalue weighted by atomic mass is 10.0. The molecule has 1 atom stereocenters. The van der Waals surface area contributed by atoms with Gasteiger partial charge in [0, 0.05) is 18.0 Å². The first kappa shape index (κ1) is 18.3. The van der Waals surface area contributed by atoms with Crippen LogP contribution in [-0.2, 0) is 7.05 Å². The third-order valence-electron chi connectivity index (χ3n) is 4.02. The highest BCUT2D eigenvalue weighted by atomic mass is 35.5. The van der Waals surface area contributed by atoms with Crippen LogP contribution in [0.3, 0.4) is 0 Å². The summed E-state index contributed by atoms with van der Waals surface area (Å²) in [6.45, 7) is 1.94. The maximum atomic E-state index is 12.6. The molecule has 8 heteroatoms. The minimum Gasteiger partial charge on any atom is -0.405 e. The van der Waals surface area contributed by atoms with Gasteiger partial charge in [0.1, 0.15) is 11.6 Å². The Morgan fingerprint density at radius 1 is 1.04 bits per heavy atom. The van der Waals surface area contributed by atoms with Gasteiger partial charge in [0.25, 0.3) is 0 Å². The van der Waals surface area contributed by atoms with Crippen LogP contribution in [0.1, 0.15) is 24.2 Å². The first-order valence-electron chi connectivity index (χ1n) is 7.76. The fourth-order valence-corrected chi connectivity index (χ4v) is 2.84. The fourth-order valence-electron chi connectivity index (χ4n) is 2.72. The molecular weight excluding hydrogens is 367 g/mol. The molecule has 2 aromatic carbocycles. The molecule has 26 heavy (non-hydrogen) atoms. The van der Waals surface area contributed by atoms with E-state index in [0.717, 1.165) is 5.56 Å². The van der Waals surface area contributed by atoms with Crippen LogP contribution in [0.5, 0.6) is 5.75 Å². The third-order valence-corrected chi connectivity index (χ3v) is 4.27. The van der Waals surface area contributed by atoms with Crippen LogP contribution in [0.2, 0.25) is 5.02 Å². The van der Waals surface area contributed by atoms with Crippen molar-refractivity contribution in [1.29, 1.82) is 0 Å². The van der Waals surface area contributed by atoms with Crippen molar-refractivity contribution >= 4 is 11.6 Å². The van der Waals surface area contributed by atoms with Crippen LogP contribution in [0.15, 0.2) is 48.5 Å². The lowest BCUT2D eigenvalue weighted by Crippen LogP contribution is -2.18. The SMILES string of the molecule is CC(c1ccc(Cl)cc1)c1nnc(-c2ccccc2OC(F)(F)F)n1C. The summed E-state index contributed by atoms with van der Waals surface area (Å²) in [6, 6.07) is 13.2. The zero-order valence-electron chi connectivity index (χ0n) is 14.0. The molecule has 3 rings (SSSR count). The monoisotopic (exact) mass is 381 g/mol. The average Bonchev–Trinajstić information content (AvgIpc) is 2.95. The van der Waals surface area contributed by atoms with E-state index in [1.165, 1.54) is 18.2 Å². The van der Waals surface area contributed by atoms with Crippen LogP contribution >= 0.6 is 11.6 Å². The number of hydrogen-bond donors (Lipinski definition) is 0. The van der Waals surface area contributed by atoms with Gasteiger partial charge in [-0.15, -0.1) is 23.4 Å². The Balaban J connectivity index is 1.99. The average molecular weight is 382 g/mol. The Kier molecular flexibility index (Phi) is 4.91. The minimum atomic E-state index is -4.78. The Morgan fingerprint density at radius 2 is 1.69 bits per heavy atom. The summed E-state index contributed by atoms with van der Waals surface area (Å²) in [5, 5.41) is 8.87. The second-order valence-electron chi connectivity index (χ2n) is 5.76. The van der Waals surface area contributed by atoms with E-state index in [-0.39, 0.29) is 17.2 Å². The van der Waals surface area contributed by atoms with Gasteiger partial charge in [-0.1, -0.05) is 42.8 Å². The van der Waals surface area contributed by atoms with Gasteiger partial charge in [0.2, 0.25) is 0 Å². The molecule has 1 heterocycles. The van der Waals surface area contributed by atoms with Crippen LogP contribution < -0.4 is 4.74 Å². The van der Waals surface area contributed by atoms with E-state index < -0.39 is 6.36 Å². The van der Waals surface area contributed by atoms with Crippen molar-refractivity contribution in [2.75, 3.05) is 0 Å². The standard InChI is InChI=1S/C18H15ClF3N3O/c1-11(12-7-9-13(19)10-8-12)16-23-24-17(25(16)2)14-5-3-4-6-15(14)26-18(20,21)22/h3-11H,1-2H3. The van der Waals surface area contributed by atoms with E-state index in [1.807, 2.05) is 19.1 Å². The third kappa shape index (κ3) is 3.83. The van der Waals surface area contributed by atoms with E-state index in [4.69, 9.17) is 11.6 Å². The van der Waals surface area contributed by atoms with Crippen molar-refractivity contribution in [3.05, 3.63) is 64.9 Å². The Morgan fingerprint density at radius 3 is 2.35 bits per heavy atom. The topological polar surface area (TPSA) is 39.9 Å². The maximum absolute atomic E-state index is 12.6. The Hall–Kier alpha value is -2.54. The second kappa shape index (κ2) is 6.99. The largest absolute Gasteiger partial charge is 0.573 e. The molecule has 3 aromatic rings. The maximum Gasteiger partial charge on any atom is 0.573 e. The highest BCUT2D eigenvalue weighted by molar-refractivity contribution is 6.30. The molecule has 0 aliphatic carbocycles. The molecule has 0 aliphatic heterocycles. The summed E-state index contributed by atoms with van der Waals surface area (Å²) < 4.78 is 43.7. The van der Waals surface area contributed by atoms with Crippen molar-refractivity contribution in [3.8, 4) is 17.1 Å². The molecule has 1 aromatic heterocycles. The van der Waals surface area contributed by atoms with Crippen molar-refractivity contribution in [2.45, 2.75) is 19.2 Å². The Labute approximate surface area is 153 Å². The molecule has 4 nitrogen and oxygen atoms in total. The molecule has 1 unspecified atom stereocenters. The predicted octanol–water partition coefficient (Wildman–Crippen LogP) is 5.19. The summed E-state index contributed by atoms with van der Waals surface area (Å²) in [4.78, 5) is 0. The highest BCUT2D eigenvalue weighted by Crippen LogP contribution is 2.34. The van der Waals surface area contributed by atoms with Crippen molar-refractivity contribution in [3.63, 3.8) is 0 Å². The molecular formula is C18H15ClF3N3O. The highest BCUT2D eigenvalue weighted by Gasteiger charge is 2.33. The first-order valence-corrected chi connectivity index (χ1v) is 8.14. The summed E-state index contributed by atoms with van der Waals surface area (Å²) in [6.07, 6.45) is -4.78. The summed E-state index contributed by atoms with van der Waals surface area (Å²) in [5.41, 5.74) is 1.19. The molecule has 0 aliphatic rings. The first-order chi connectivity index (χ1) is 12.3. The van der Waals surface area contributed by atoms with Crippen LogP contribution in [0, 0.1) is 0 Å². The number of halogens is 4. The lowest BCUT2D eigenvalue weighted by Gasteiger charge is -2.14. The van der Waals surface area contributed by atoms with Gasteiger partial charge in [-0.2, -0.15) is 0 Å². The number of nitrogens with zero attached hydrogens (tertiary/aromatic N) is 3. The van der Waals surface area contributed by atoms with Crippen molar-refractivity contribution in [2.24, 2.45) is 7.05 Å². The molecule has 0 bridgehead atoms. The van der Waals surface area contributed by atoms with Gasteiger partial charge in [-0.05, 0) is 29.8 Å². The van der Waals surface area contributed by atoms with Crippen LogP contribution in [-0.4, -0.2) is 21.1 Å². The molecule has 0 spiro atoms. The molecule has 0 N–H and O–H groups in total. The minimum absolute atomic E-state index is 0.116. The fraction of sp³-hybridized carbons (Fsp3) is 0.222. The molecule has 0 saturated heterocycles. The van der Waals surface area contributed by atoms with E-state index >= 15 is 0 Å².